The monoisotopic (exact) mass is 380 g/mol. The summed E-state index contributed by atoms with van der Waals surface area (Å²) in [6.45, 7) is 6.18. The van der Waals surface area contributed by atoms with Crippen molar-refractivity contribution < 1.29 is 4.79 Å². The number of aryl methyl sites for hydroxylation is 1. The summed E-state index contributed by atoms with van der Waals surface area (Å²) in [6.07, 6.45) is 8.05. The van der Waals surface area contributed by atoms with Crippen molar-refractivity contribution in [1.29, 1.82) is 0 Å². The van der Waals surface area contributed by atoms with Crippen molar-refractivity contribution >= 4 is 23.4 Å². The van der Waals surface area contributed by atoms with E-state index in [0.717, 1.165) is 55.7 Å². The van der Waals surface area contributed by atoms with Gasteiger partial charge in [0.25, 0.3) is 0 Å². The second-order valence-electron chi connectivity index (χ2n) is 7.94. The van der Waals surface area contributed by atoms with E-state index in [2.05, 4.69) is 32.7 Å². The first kappa shape index (κ1) is 18.7. The van der Waals surface area contributed by atoms with Gasteiger partial charge in [-0.05, 0) is 62.1 Å². The maximum Gasteiger partial charge on any atom is 0.219 e. The summed E-state index contributed by atoms with van der Waals surface area (Å²) in [5, 5.41) is 6.79. The maximum atomic E-state index is 11.6. The van der Waals surface area contributed by atoms with Crippen LogP contribution in [0.1, 0.15) is 49.8 Å². The minimum absolute atomic E-state index is 0.167. The first-order valence-electron chi connectivity index (χ1n) is 10.1. The fourth-order valence-electron chi connectivity index (χ4n) is 3.63. The highest BCUT2D eigenvalue weighted by atomic mass is 16.2. The van der Waals surface area contributed by atoms with E-state index in [1.807, 2.05) is 11.8 Å². The highest BCUT2D eigenvalue weighted by molar-refractivity contribution is 5.73. The molecular formula is C21H28N6O. The SMILES string of the molecule is CC(=O)N1CCC(c2cc(NCC3CC3)nc(Nc3cnc(C)cn3)c2)CC1. The van der Waals surface area contributed by atoms with Gasteiger partial charge in [-0.15, -0.1) is 0 Å². The van der Waals surface area contributed by atoms with E-state index >= 15 is 0 Å². The van der Waals surface area contributed by atoms with Crippen LogP contribution in [0.2, 0.25) is 0 Å². The molecule has 2 aromatic heterocycles. The van der Waals surface area contributed by atoms with Gasteiger partial charge in [-0.25, -0.2) is 9.97 Å². The molecule has 0 radical (unpaired) electrons. The Bertz CT molecular complexity index is 825. The number of nitrogens with one attached hydrogen (secondary N) is 2. The van der Waals surface area contributed by atoms with E-state index in [1.54, 1.807) is 19.3 Å². The molecule has 1 saturated heterocycles. The Morgan fingerprint density at radius 3 is 2.46 bits per heavy atom. The van der Waals surface area contributed by atoms with Crippen molar-refractivity contribution in [3.05, 3.63) is 35.8 Å². The van der Waals surface area contributed by atoms with Gasteiger partial charge in [0.05, 0.1) is 18.1 Å². The Labute approximate surface area is 166 Å². The van der Waals surface area contributed by atoms with Gasteiger partial charge in [0.2, 0.25) is 5.91 Å². The number of piperidine rings is 1. The normalized spacial score (nSPS) is 17.4. The first-order chi connectivity index (χ1) is 13.6. The number of carbonyl (C=O) groups is 1. The third-order valence-electron chi connectivity index (χ3n) is 5.57. The largest absolute Gasteiger partial charge is 0.370 e. The number of hydrogen-bond donors (Lipinski definition) is 2. The molecule has 7 heteroatoms. The number of rotatable bonds is 6. The number of anilines is 3. The highest BCUT2D eigenvalue weighted by Crippen LogP contribution is 2.33. The quantitative estimate of drug-likeness (QED) is 0.798. The smallest absolute Gasteiger partial charge is 0.219 e. The van der Waals surface area contributed by atoms with E-state index in [0.29, 0.717) is 11.7 Å². The van der Waals surface area contributed by atoms with Crippen molar-refractivity contribution in [3.8, 4) is 0 Å². The van der Waals surface area contributed by atoms with Gasteiger partial charge < -0.3 is 15.5 Å². The molecule has 28 heavy (non-hydrogen) atoms. The van der Waals surface area contributed by atoms with Gasteiger partial charge >= 0.3 is 0 Å². The predicted octanol–water partition coefficient (Wildman–Crippen LogP) is 3.47. The molecule has 7 nitrogen and oxygen atoms in total. The van der Waals surface area contributed by atoms with Crippen LogP contribution in [0.5, 0.6) is 0 Å². The van der Waals surface area contributed by atoms with Gasteiger partial charge in [-0.3, -0.25) is 9.78 Å². The lowest BCUT2D eigenvalue weighted by atomic mass is 9.89. The summed E-state index contributed by atoms with van der Waals surface area (Å²) in [5.74, 6) is 3.76. The van der Waals surface area contributed by atoms with Gasteiger partial charge in [0.15, 0.2) is 0 Å². The van der Waals surface area contributed by atoms with Crippen LogP contribution in [0.15, 0.2) is 24.5 Å². The lowest BCUT2D eigenvalue weighted by molar-refractivity contribution is -0.129. The van der Waals surface area contributed by atoms with E-state index < -0.39 is 0 Å². The third-order valence-corrected chi connectivity index (χ3v) is 5.57. The van der Waals surface area contributed by atoms with Crippen molar-refractivity contribution in [2.75, 3.05) is 30.3 Å². The Morgan fingerprint density at radius 2 is 1.82 bits per heavy atom. The number of pyridine rings is 1. The minimum Gasteiger partial charge on any atom is -0.370 e. The van der Waals surface area contributed by atoms with E-state index in [4.69, 9.17) is 4.98 Å². The molecule has 0 spiro atoms. The summed E-state index contributed by atoms with van der Waals surface area (Å²) in [4.78, 5) is 27.0. The summed E-state index contributed by atoms with van der Waals surface area (Å²) >= 11 is 0. The van der Waals surface area contributed by atoms with Crippen LogP contribution < -0.4 is 10.6 Å². The molecule has 2 N–H and O–H groups in total. The summed E-state index contributed by atoms with van der Waals surface area (Å²) < 4.78 is 0. The van der Waals surface area contributed by atoms with E-state index in [9.17, 15) is 4.79 Å². The Kier molecular flexibility index (Phi) is 5.41. The molecule has 2 fully saturated rings. The molecule has 1 aliphatic heterocycles. The molecular weight excluding hydrogens is 352 g/mol. The van der Waals surface area contributed by atoms with Crippen molar-refractivity contribution in [1.82, 2.24) is 19.9 Å². The number of hydrogen-bond acceptors (Lipinski definition) is 6. The van der Waals surface area contributed by atoms with Crippen LogP contribution in [0.25, 0.3) is 0 Å². The van der Waals surface area contributed by atoms with Crippen LogP contribution >= 0.6 is 0 Å². The molecule has 1 amide bonds. The molecule has 148 valence electrons. The van der Waals surface area contributed by atoms with Crippen LogP contribution in [0.3, 0.4) is 0 Å². The average molecular weight is 380 g/mol. The Morgan fingerprint density at radius 1 is 1.07 bits per heavy atom. The standard InChI is InChI=1S/C21H28N6O/c1-14-11-23-21(13-22-14)26-20-10-18(9-19(25-20)24-12-16-3-4-16)17-5-7-27(8-6-17)15(2)28/h9-11,13,16-17H,3-8,12H2,1-2H3,(H2,23,24,25,26). The molecule has 3 heterocycles. The van der Waals surface area contributed by atoms with Gasteiger partial charge in [0.1, 0.15) is 17.5 Å². The van der Waals surface area contributed by atoms with Crippen LogP contribution in [0, 0.1) is 12.8 Å². The summed E-state index contributed by atoms with van der Waals surface area (Å²) in [6, 6.07) is 4.28. The topological polar surface area (TPSA) is 83.0 Å². The number of aromatic nitrogens is 3. The number of likely N-dealkylation sites (tertiary alicyclic amines) is 1. The van der Waals surface area contributed by atoms with Crippen molar-refractivity contribution in [2.24, 2.45) is 5.92 Å². The summed E-state index contributed by atoms with van der Waals surface area (Å²) in [7, 11) is 0. The van der Waals surface area contributed by atoms with Crippen LogP contribution in [-0.4, -0.2) is 45.4 Å². The van der Waals surface area contributed by atoms with Gasteiger partial charge in [-0.1, -0.05) is 0 Å². The van der Waals surface area contributed by atoms with Crippen LogP contribution in [0.4, 0.5) is 17.5 Å². The average Bonchev–Trinajstić information content (AvgIpc) is 3.53. The molecule has 0 aromatic carbocycles. The maximum absolute atomic E-state index is 11.6. The fraction of sp³-hybridized carbons (Fsp3) is 0.524. The molecule has 1 saturated carbocycles. The molecule has 0 unspecified atom stereocenters. The first-order valence-corrected chi connectivity index (χ1v) is 10.1. The molecule has 2 aliphatic rings. The zero-order chi connectivity index (χ0) is 19.5. The zero-order valence-corrected chi connectivity index (χ0v) is 16.6. The highest BCUT2D eigenvalue weighted by Gasteiger charge is 2.24. The molecule has 0 atom stereocenters. The van der Waals surface area contributed by atoms with Gasteiger partial charge in [0, 0.05) is 26.6 Å². The second kappa shape index (κ2) is 8.12. The Balaban J connectivity index is 1.53. The lowest BCUT2D eigenvalue weighted by Crippen LogP contribution is -2.36. The molecule has 0 bridgehead atoms. The third kappa shape index (κ3) is 4.77. The number of amides is 1. The minimum atomic E-state index is 0.167. The predicted molar refractivity (Wildman–Crippen MR) is 110 cm³/mol. The van der Waals surface area contributed by atoms with Gasteiger partial charge in [-0.2, -0.15) is 0 Å². The fourth-order valence-corrected chi connectivity index (χ4v) is 3.63. The zero-order valence-electron chi connectivity index (χ0n) is 16.6. The molecule has 4 rings (SSSR count). The Hall–Kier alpha value is -2.70. The van der Waals surface area contributed by atoms with Crippen molar-refractivity contribution in [3.63, 3.8) is 0 Å². The number of carbonyl (C=O) groups excluding carboxylic acids is 1. The summed E-state index contributed by atoms with van der Waals surface area (Å²) in [5.41, 5.74) is 2.15. The van der Waals surface area contributed by atoms with E-state index in [1.165, 1.54) is 18.4 Å². The van der Waals surface area contributed by atoms with Crippen LogP contribution in [-0.2, 0) is 4.79 Å². The molecule has 1 aliphatic carbocycles. The molecule has 2 aromatic rings. The van der Waals surface area contributed by atoms with Crippen molar-refractivity contribution in [2.45, 2.75) is 45.4 Å². The number of nitrogens with zero attached hydrogens (tertiary/aromatic N) is 4. The second-order valence-corrected chi connectivity index (χ2v) is 7.94. The van der Waals surface area contributed by atoms with E-state index in [-0.39, 0.29) is 5.91 Å². The lowest BCUT2D eigenvalue weighted by Gasteiger charge is -2.31.